The zero-order chi connectivity index (χ0) is 42.8. The second kappa shape index (κ2) is 24.4. The van der Waals surface area contributed by atoms with Crippen molar-refractivity contribution in [2.75, 3.05) is 13.1 Å². The number of nitrogens with one attached hydrogen (secondary N) is 6. The zero-order valence-corrected chi connectivity index (χ0v) is 34.6. The van der Waals surface area contributed by atoms with Gasteiger partial charge in [-0.1, -0.05) is 70.9 Å². The summed E-state index contributed by atoms with van der Waals surface area (Å²) in [4.78, 5) is 89.6. The molecule has 5 amide bonds. The van der Waals surface area contributed by atoms with E-state index in [1.165, 1.54) is 0 Å². The molecule has 1 aromatic carbocycles. The molecular weight excluding hydrogens is 747 g/mol. The van der Waals surface area contributed by atoms with Gasteiger partial charge in [-0.25, -0.2) is 0 Å². The third kappa shape index (κ3) is 17.5. The van der Waals surface area contributed by atoms with Crippen LogP contribution in [0.5, 0.6) is 0 Å². The van der Waals surface area contributed by atoms with Crippen molar-refractivity contribution in [3.63, 3.8) is 0 Å². The van der Waals surface area contributed by atoms with E-state index in [4.69, 9.17) is 10.8 Å². The van der Waals surface area contributed by atoms with Gasteiger partial charge in [-0.3, -0.25) is 33.6 Å². The van der Waals surface area contributed by atoms with E-state index in [-0.39, 0.29) is 86.1 Å². The summed E-state index contributed by atoms with van der Waals surface area (Å²) in [5.41, 5.74) is 7.27. The van der Waals surface area contributed by atoms with Gasteiger partial charge in [0.2, 0.25) is 29.5 Å². The summed E-state index contributed by atoms with van der Waals surface area (Å²) in [7, 11) is 0. The van der Waals surface area contributed by atoms with Crippen LogP contribution >= 0.6 is 0 Å². The van der Waals surface area contributed by atoms with Crippen molar-refractivity contribution in [1.82, 2.24) is 31.9 Å². The Labute approximate surface area is 342 Å². The van der Waals surface area contributed by atoms with Crippen molar-refractivity contribution in [1.29, 1.82) is 0 Å². The first-order valence-electron chi connectivity index (χ1n) is 20.9. The normalized spacial score (nSPS) is 21.5. The molecule has 8 atom stereocenters. The van der Waals surface area contributed by atoms with Crippen molar-refractivity contribution in [2.24, 2.45) is 29.4 Å². The molecule has 16 nitrogen and oxygen atoms in total. The van der Waals surface area contributed by atoms with Crippen molar-refractivity contribution in [3.8, 4) is 0 Å². The van der Waals surface area contributed by atoms with Crippen LogP contribution in [0.25, 0.3) is 0 Å². The summed E-state index contributed by atoms with van der Waals surface area (Å²) >= 11 is 0. The second-order valence-corrected chi connectivity index (χ2v) is 16.9. The monoisotopic (exact) mass is 814 g/mol. The quantitative estimate of drug-likeness (QED) is 0.0772. The second-order valence-electron chi connectivity index (χ2n) is 16.9. The van der Waals surface area contributed by atoms with Gasteiger partial charge in [-0.05, 0) is 62.5 Å². The minimum atomic E-state index is -1.17. The Hall–Kier alpha value is -4.57. The molecule has 0 bridgehead atoms. The lowest BCUT2D eigenvalue weighted by atomic mass is 9.84. The highest BCUT2D eigenvalue weighted by Crippen LogP contribution is 2.24. The number of carbonyl (C=O) groups is 7. The predicted octanol–water partition coefficient (Wildman–Crippen LogP) is 1.99. The largest absolute Gasteiger partial charge is 0.481 e. The van der Waals surface area contributed by atoms with E-state index < -0.39 is 60.4 Å². The van der Waals surface area contributed by atoms with E-state index in [9.17, 15) is 38.7 Å². The summed E-state index contributed by atoms with van der Waals surface area (Å²) in [6.45, 7) is 8.57. The Morgan fingerprint density at radius 1 is 0.724 bits per heavy atom. The highest BCUT2D eigenvalue weighted by Gasteiger charge is 2.35. The highest BCUT2D eigenvalue weighted by atomic mass is 16.4. The van der Waals surface area contributed by atoms with Gasteiger partial charge in [-0.2, -0.15) is 0 Å². The molecule has 0 radical (unpaired) electrons. The molecule has 1 heterocycles. The number of rotatable bonds is 23. The number of aliphatic carboxylic acids is 2. The molecule has 1 aliphatic carbocycles. The SMILES string of the molecule is CC(C)C[C@@H](CC(=O)N[C@@H](CCC(=O)O)CC(=O)O)NC(=O)[C@@H]1CNCC[C@H]1NC(=O)C[C@@H](NC(=O)C[C@H](Cc1ccccc1)NC(=O)[C@@H]1CCCC[C@H]1N)C(C)C. The molecule has 3 rings (SSSR count). The summed E-state index contributed by atoms with van der Waals surface area (Å²) in [5, 5.41) is 36.3. The minimum absolute atomic E-state index is 0.0160. The summed E-state index contributed by atoms with van der Waals surface area (Å²) < 4.78 is 0. The maximum absolute atomic E-state index is 13.7. The first-order chi connectivity index (χ1) is 27.5. The number of piperidine rings is 1. The van der Waals surface area contributed by atoms with Crippen LogP contribution in [0.1, 0.15) is 110 Å². The van der Waals surface area contributed by atoms with E-state index in [0.717, 1.165) is 24.8 Å². The van der Waals surface area contributed by atoms with Gasteiger partial charge in [0.25, 0.3) is 0 Å². The van der Waals surface area contributed by atoms with Crippen LogP contribution in [0.4, 0.5) is 0 Å². The van der Waals surface area contributed by atoms with Crippen LogP contribution in [0, 0.1) is 23.7 Å². The number of nitrogens with two attached hydrogens (primary N) is 1. The van der Waals surface area contributed by atoms with Crippen LogP contribution in [0.15, 0.2) is 30.3 Å². The van der Waals surface area contributed by atoms with Gasteiger partial charge in [0.1, 0.15) is 0 Å². The smallest absolute Gasteiger partial charge is 0.305 e. The molecule has 324 valence electrons. The van der Waals surface area contributed by atoms with Crippen LogP contribution in [-0.4, -0.2) is 101 Å². The van der Waals surface area contributed by atoms with Crippen LogP contribution in [0.2, 0.25) is 0 Å². The predicted molar refractivity (Wildman–Crippen MR) is 218 cm³/mol. The maximum Gasteiger partial charge on any atom is 0.305 e. The zero-order valence-electron chi connectivity index (χ0n) is 34.6. The Balaban J connectivity index is 1.62. The summed E-state index contributed by atoms with van der Waals surface area (Å²) in [6.07, 6.45) is 3.89. The maximum atomic E-state index is 13.7. The lowest BCUT2D eigenvalue weighted by molar-refractivity contribution is -0.140. The van der Waals surface area contributed by atoms with Crippen molar-refractivity contribution >= 4 is 41.5 Å². The third-order valence-corrected chi connectivity index (χ3v) is 11.0. The Bertz CT molecular complexity index is 1530. The third-order valence-electron chi connectivity index (χ3n) is 11.0. The lowest BCUT2D eigenvalue weighted by Crippen LogP contribution is -2.57. The molecule has 10 N–H and O–H groups in total. The standard InChI is InChI=1S/C42H67N7O9/c1-25(2)18-29(20-36(50)45-28(22-40(55)56)14-15-39(53)54)46-42(58)32-24-44-17-16-34(32)48-38(52)23-35(26(3)4)49-37(51)21-30(19-27-10-6-5-7-11-27)47-41(57)31-12-8-9-13-33(31)43/h5-7,10-11,25-26,28-35,44H,8-9,12-24,43H2,1-4H3,(H,45,50)(H,46,58)(H,47,57)(H,48,52)(H,49,51)(H,53,54)(H,55,56)/t28-,29-,30-,31+,32+,33+,34+,35+/m0/s1. The number of amides is 5. The molecule has 0 aromatic heterocycles. The molecule has 1 aliphatic heterocycles. The topological polar surface area (TPSA) is 258 Å². The number of carbonyl (C=O) groups excluding carboxylic acids is 5. The summed E-state index contributed by atoms with van der Waals surface area (Å²) in [5.74, 6) is -4.85. The molecular formula is C42H67N7O9. The molecule has 1 saturated carbocycles. The molecule has 0 unspecified atom stereocenters. The van der Waals surface area contributed by atoms with Crippen LogP contribution in [-0.2, 0) is 40.0 Å². The highest BCUT2D eigenvalue weighted by molar-refractivity contribution is 5.85. The summed E-state index contributed by atoms with van der Waals surface area (Å²) in [6, 6.07) is 6.44. The van der Waals surface area contributed by atoms with Gasteiger partial charge in [-0.15, -0.1) is 0 Å². The fraction of sp³-hybridized carbons (Fsp3) is 0.690. The van der Waals surface area contributed by atoms with Crippen molar-refractivity contribution < 1.29 is 43.8 Å². The van der Waals surface area contributed by atoms with Crippen molar-refractivity contribution in [2.45, 2.75) is 147 Å². The number of carboxylic acid groups (broad SMARTS) is 2. The Morgan fingerprint density at radius 3 is 2.00 bits per heavy atom. The van der Waals surface area contributed by atoms with Gasteiger partial charge in [0.05, 0.1) is 18.3 Å². The van der Waals surface area contributed by atoms with E-state index in [2.05, 4.69) is 31.9 Å². The molecule has 1 saturated heterocycles. The number of hydrogen-bond donors (Lipinski definition) is 9. The number of benzene rings is 1. The first-order valence-corrected chi connectivity index (χ1v) is 20.9. The van der Waals surface area contributed by atoms with Gasteiger partial charge < -0.3 is 47.8 Å². The van der Waals surface area contributed by atoms with Gasteiger partial charge >= 0.3 is 11.9 Å². The number of carboxylic acids is 2. The fourth-order valence-electron chi connectivity index (χ4n) is 7.90. The minimum Gasteiger partial charge on any atom is -0.481 e. The van der Waals surface area contributed by atoms with E-state index in [0.29, 0.717) is 32.2 Å². The van der Waals surface area contributed by atoms with E-state index >= 15 is 0 Å². The van der Waals surface area contributed by atoms with Crippen molar-refractivity contribution in [3.05, 3.63) is 35.9 Å². The van der Waals surface area contributed by atoms with E-state index in [1.54, 1.807) is 0 Å². The fourth-order valence-corrected chi connectivity index (χ4v) is 7.90. The molecule has 16 heteroatoms. The number of hydrogen-bond acceptors (Lipinski definition) is 9. The van der Waals surface area contributed by atoms with Gasteiger partial charge in [0.15, 0.2) is 0 Å². The van der Waals surface area contributed by atoms with Gasteiger partial charge in [0, 0.05) is 68.5 Å². The van der Waals surface area contributed by atoms with Crippen LogP contribution < -0.4 is 37.6 Å². The first kappa shape index (κ1) is 47.8. The van der Waals surface area contributed by atoms with E-state index in [1.807, 2.05) is 58.0 Å². The Kier molecular flexibility index (Phi) is 20.1. The molecule has 0 spiro atoms. The average molecular weight is 814 g/mol. The Morgan fingerprint density at radius 2 is 1.36 bits per heavy atom. The lowest BCUT2D eigenvalue weighted by Gasteiger charge is -2.34. The molecule has 2 fully saturated rings. The molecule has 1 aromatic rings. The van der Waals surface area contributed by atoms with Crippen LogP contribution in [0.3, 0.4) is 0 Å². The molecule has 58 heavy (non-hydrogen) atoms. The molecule has 2 aliphatic rings. The average Bonchev–Trinajstić information content (AvgIpc) is 3.13.